The molecule has 2 saturated carbocycles. The van der Waals surface area contributed by atoms with E-state index in [1.807, 2.05) is 24.3 Å². The van der Waals surface area contributed by atoms with Gasteiger partial charge in [-0.05, 0) is 61.3 Å². The zero-order valence-corrected chi connectivity index (χ0v) is 17.6. The number of amides is 2. The highest BCUT2D eigenvalue weighted by Gasteiger charge is 2.82. The molecule has 0 aromatic heterocycles. The molecule has 2 amide bonds. The van der Waals surface area contributed by atoms with E-state index in [4.69, 9.17) is 17.2 Å². The van der Waals surface area contributed by atoms with Crippen molar-refractivity contribution in [1.29, 1.82) is 0 Å². The number of carbonyl (C=O) groups excluding carboxylic acids is 2. The molecule has 0 saturated heterocycles. The van der Waals surface area contributed by atoms with Crippen LogP contribution in [0.2, 0.25) is 0 Å². The average molecular weight is 446 g/mol. The maximum atomic E-state index is 13.3. The van der Waals surface area contributed by atoms with Crippen LogP contribution in [-0.4, -0.2) is 18.4 Å². The van der Waals surface area contributed by atoms with Gasteiger partial charge in [-0.1, -0.05) is 53.1 Å². The topological polar surface area (TPSA) is 112 Å². The molecule has 0 aliphatic heterocycles. The number of carbonyl (C=O) groups is 2. The van der Waals surface area contributed by atoms with Crippen LogP contribution < -0.4 is 17.2 Å². The van der Waals surface area contributed by atoms with Gasteiger partial charge in [0.2, 0.25) is 11.8 Å². The second kappa shape index (κ2) is 6.70. The summed E-state index contributed by atoms with van der Waals surface area (Å²) in [6, 6.07) is 7.68. The van der Waals surface area contributed by atoms with Crippen molar-refractivity contribution in [3.8, 4) is 0 Å². The molecular formula is C22H28BrN3O2. The molecule has 0 heterocycles. The fourth-order valence-electron chi connectivity index (χ4n) is 6.53. The minimum absolute atomic E-state index is 0.0310. The number of nitrogens with two attached hydrogens (primary N) is 3. The first-order valence-corrected chi connectivity index (χ1v) is 10.9. The molecule has 2 fully saturated rings. The minimum atomic E-state index is -1.10. The molecule has 1 spiro atoms. The van der Waals surface area contributed by atoms with Crippen LogP contribution >= 0.6 is 15.9 Å². The summed E-state index contributed by atoms with van der Waals surface area (Å²) in [6.45, 7) is 0.618. The fraction of sp³-hybridized carbons (Fsp3) is 0.545. The highest BCUT2D eigenvalue weighted by atomic mass is 79.9. The number of allylic oxidation sites excluding steroid dienone is 2. The Labute approximate surface area is 174 Å². The predicted molar refractivity (Wildman–Crippen MR) is 112 cm³/mol. The number of hydrogen-bond acceptors (Lipinski definition) is 3. The predicted octanol–water partition coefficient (Wildman–Crippen LogP) is 2.76. The highest BCUT2D eigenvalue weighted by molar-refractivity contribution is 9.10. The molecule has 2 bridgehead atoms. The van der Waals surface area contributed by atoms with E-state index in [9.17, 15) is 9.59 Å². The molecule has 3 aliphatic rings. The Balaban J connectivity index is 1.92. The van der Waals surface area contributed by atoms with E-state index in [0.29, 0.717) is 13.0 Å². The molecule has 1 aromatic carbocycles. The number of rotatable bonds is 8. The van der Waals surface area contributed by atoms with Crippen molar-refractivity contribution in [2.45, 2.75) is 43.9 Å². The van der Waals surface area contributed by atoms with E-state index in [1.54, 1.807) is 0 Å². The second-order valence-corrected chi connectivity index (χ2v) is 9.60. The minimum Gasteiger partial charge on any atom is -0.369 e. The Kier molecular flexibility index (Phi) is 4.70. The summed E-state index contributed by atoms with van der Waals surface area (Å²) in [6.07, 6.45) is 9.47. The van der Waals surface area contributed by atoms with Crippen molar-refractivity contribution in [3.63, 3.8) is 0 Å². The molecule has 6 N–H and O–H groups in total. The van der Waals surface area contributed by atoms with E-state index < -0.39 is 22.6 Å². The van der Waals surface area contributed by atoms with Crippen LogP contribution in [0.3, 0.4) is 0 Å². The average Bonchev–Trinajstić information content (AvgIpc) is 3.32. The summed E-state index contributed by atoms with van der Waals surface area (Å²) in [5.74, 6) is -0.942. The van der Waals surface area contributed by atoms with E-state index in [0.717, 1.165) is 42.1 Å². The maximum absolute atomic E-state index is 13.3. The van der Waals surface area contributed by atoms with Gasteiger partial charge < -0.3 is 17.2 Å². The van der Waals surface area contributed by atoms with Crippen LogP contribution in [0.5, 0.6) is 0 Å². The molecule has 5 nitrogen and oxygen atoms in total. The summed E-state index contributed by atoms with van der Waals surface area (Å²) >= 11 is 3.47. The molecular weight excluding hydrogens is 418 g/mol. The van der Waals surface area contributed by atoms with E-state index in [-0.39, 0.29) is 17.3 Å². The summed E-state index contributed by atoms with van der Waals surface area (Å²) in [5, 5.41) is 0. The van der Waals surface area contributed by atoms with Crippen molar-refractivity contribution < 1.29 is 9.59 Å². The monoisotopic (exact) mass is 445 g/mol. The lowest BCUT2D eigenvalue weighted by atomic mass is 9.52. The third-order valence-corrected chi connectivity index (χ3v) is 8.20. The smallest absolute Gasteiger partial charge is 0.229 e. The van der Waals surface area contributed by atoms with E-state index >= 15 is 0 Å². The van der Waals surface area contributed by atoms with E-state index in [2.05, 4.69) is 28.1 Å². The third kappa shape index (κ3) is 2.28. The maximum Gasteiger partial charge on any atom is 0.229 e. The first kappa shape index (κ1) is 19.6. The van der Waals surface area contributed by atoms with Crippen molar-refractivity contribution >= 4 is 27.7 Å². The first-order valence-electron chi connectivity index (χ1n) is 10.1. The summed E-state index contributed by atoms with van der Waals surface area (Å²) < 4.78 is 0.920. The lowest BCUT2D eigenvalue weighted by molar-refractivity contribution is -0.143. The van der Waals surface area contributed by atoms with Crippen molar-refractivity contribution in [2.24, 2.45) is 39.9 Å². The SMILES string of the molecule is NCCCCC[C@@]1(C(N)=O)[C@H]2C=C[C@H](C23CC3)[C@@]1(C(N)=O)c1ccc(Br)cc1. The van der Waals surface area contributed by atoms with Gasteiger partial charge in [0.1, 0.15) is 0 Å². The number of halogens is 1. The molecule has 28 heavy (non-hydrogen) atoms. The van der Waals surface area contributed by atoms with Gasteiger partial charge in [0.05, 0.1) is 10.8 Å². The number of unbranched alkanes of at least 4 members (excludes halogenated alkanes) is 2. The second-order valence-electron chi connectivity index (χ2n) is 8.69. The number of primary amides is 2. The Morgan fingerprint density at radius 1 is 0.964 bits per heavy atom. The van der Waals surface area contributed by atoms with Gasteiger partial charge in [-0.3, -0.25) is 9.59 Å². The van der Waals surface area contributed by atoms with Crippen LogP contribution in [0.1, 0.15) is 44.1 Å². The van der Waals surface area contributed by atoms with Gasteiger partial charge in [0.25, 0.3) is 0 Å². The molecule has 4 atom stereocenters. The Bertz CT molecular complexity index is 833. The molecule has 6 heteroatoms. The van der Waals surface area contributed by atoms with Crippen molar-refractivity contribution in [1.82, 2.24) is 0 Å². The largest absolute Gasteiger partial charge is 0.369 e. The molecule has 3 aliphatic carbocycles. The molecule has 0 radical (unpaired) electrons. The van der Waals surface area contributed by atoms with Gasteiger partial charge in [-0.2, -0.15) is 0 Å². The summed E-state index contributed by atoms with van der Waals surface area (Å²) in [7, 11) is 0. The normalized spacial score (nSPS) is 34.1. The lowest BCUT2D eigenvalue weighted by Crippen LogP contribution is -2.62. The number of benzene rings is 1. The van der Waals surface area contributed by atoms with Crippen LogP contribution in [0.25, 0.3) is 0 Å². The first-order chi connectivity index (χ1) is 13.4. The van der Waals surface area contributed by atoms with Gasteiger partial charge >= 0.3 is 0 Å². The lowest BCUT2D eigenvalue weighted by Gasteiger charge is -2.48. The fourth-order valence-corrected chi connectivity index (χ4v) is 6.80. The third-order valence-electron chi connectivity index (χ3n) is 7.67. The molecule has 150 valence electrons. The van der Waals surface area contributed by atoms with Crippen LogP contribution in [0.4, 0.5) is 0 Å². The summed E-state index contributed by atoms with van der Waals surface area (Å²) in [4.78, 5) is 26.5. The Morgan fingerprint density at radius 3 is 2.14 bits per heavy atom. The molecule has 1 aromatic rings. The molecule has 4 rings (SSSR count). The standard InChI is InChI=1S/C22H28BrN3O2/c23-15-6-4-14(5-7-15)22(19(26)28)17-9-8-16(20(17)11-12-20)21(22,18(25)27)10-2-1-3-13-24/h4-9,16-17H,1-3,10-13,24H2,(H2,25,27)(H2,26,28)/t16-,17+,21-,22+/m0/s1. The van der Waals surface area contributed by atoms with Crippen molar-refractivity contribution in [2.75, 3.05) is 6.54 Å². The molecule has 0 unspecified atom stereocenters. The van der Waals surface area contributed by atoms with Crippen LogP contribution in [-0.2, 0) is 15.0 Å². The van der Waals surface area contributed by atoms with Gasteiger partial charge in [-0.15, -0.1) is 0 Å². The van der Waals surface area contributed by atoms with Crippen LogP contribution in [0, 0.1) is 22.7 Å². The number of hydrogen-bond donors (Lipinski definition) is 3. The van der Waals surface area contributed by atoms with Crippen molar-refractivity contribution in [3.05, 3.63) is 46.5 Å². The van der Waals surface area contributed by atoms with E-state index in [1.165, 1.54) is 0 Å². The zero-order valence-electron chi connectivity index (χ0n) is 16.0. The van der Waals surface area contributed by atoms with Gasteiger partial charge in [0, 0.05) is 10.4 Å². The van der Waals surface area contributed by atoms with Gasteiger partial charge in [-0.25, -0.2) is 0 Å². The van der Waals surface area contributed by atoms with Gasteiger partial charge in [0.15, 0.2) is 0 Å². The summed E-state index contributed by atoms with van der Waals surface area (Å²) in [5.41, 5.74) is 16.6. The Hall–Kier alpha value is -1.66. The highest BCUT2D eigenvalue weighted by Crippen LogP contribution is 2.80. The zero-order chi connectivity index (χ0) is 20.2. The quantitative estimate of drug-likeness (QED) is 0.422. The Morgan fingerprint density at radius 2 is 1.61 bits per heavy atom. The van der Waals surface area contributed by atoms with Crippen LogP contribution in [0.15, 0.2) is 40.9 Å².